The van der Waals surface area contributed by atoms with Crippen molar-refractivity contribution in [3.8, 4) is 0 Å². The van der Waals surface area contributed by atoms with E-state index in [4.69, 9.17) is 0 Å². The number of nitrogens with zero attached hydrogens (tertiary/aromatic N) is 3. The quantitative estimate of drug-likeness (QED) is 0.699. The third-order valence-electron chi connectivity index (χ3n) is 4.39. The Morgan fingerprint density at radius 2 is 1.89 bits per heavy atom. The number of anilines is 2. The minimum atomic E-state index is -0.0631. The molecule has 5 heteroatoms. The number of likely N-dealkylation sites (N-methyl/N-ethyl adjacent to an activating group) is 1. The highest BCUT2D eigenvalue weighted by molar-refractivity contribution is 5.91. The molecule has 1 aromatic carbocycles. The van der Waals surface area contributed by atoms with E-state index in [1.165, 1.54) is 5.56 Å². The van der Waals surface area contributed by atoms with Crippen LogP contribution in [0.1, 0.15) is 16.7 Å². The lowest BCUT2D eigenvalue weighted by Crippen LogP contribution is -2.21. The first-order valence-corrected chi connectivity index (χ1v) is 9.01. The van der Waals surface area contributed by atoms with Gasteiger partial charge in [0, 0.05) is 26.0 Å². The van der Waals surface area contributed by atoms with Gasteiger partial charge in [0.15, 0.2) is 0 Å². The van der Waals surface area contributed by atoms with E-state index in [2.05, 4.69) is 20.2 Å². The van der Waals surface area contributed by atoms with Crippen molar-refractivity contribution in [2.75, 3.05) is 23.8 Å². The molecule has 0 aliphatic heterocycles. The van der Waals surface area contributed by atoms with Gasteiger partial charge in [0.1, 0.15) is 5.82 Å². The Morgan fingerprint density at radius 1 is 1.07 bits per heavy atom. The van der Waals surface area contributed by atoms with Crippen molar-refractivity contribution in [2.24, 2.45) is 0 Å². The highest BCUT2D eigenvalue weighted by Crippen LogP contribution is 2.15. The minimum Gasteiger partial charge on any atom is -0.373 e. The Hall–Kier alpha value is -3.21. The topological polar surface area (TPSA) is 58.1 Å². The largest absolute Gasteiger partial charge is 0.373 e. The maximum Gasteiger partial charge on any atom is 0.229 e. The highest BCUT2D eigenvalue weighted by Gasteiger charge is 2.07. The van der Waals surface area contributed by atoms with Gasteiger partial charge in [-0.1, -0.05) is 29.8 Å². The normalized spacial score (nSPS) is 10.4. The van der Waals surface area contributed by atoms with E-state index in [0.717, 1.165) is 29.8 Å². The lowest BCUT2D eigenvalue weighted by molar-refractivity contribution is -0.115. The molecule has 0 aliphatic carbocycles. The average molecular weight is 360 g/mol. The van der Waals surface area contributed by atoms with Crippen LogP contribution in [0, 0.1) is 6.92 Å². The number of hydrogen-bond donors (Lipinski definition) is 1. The van der Waals surface area contributed by atoms with E-state index in [0.29, 0.717) is 12.2 Å². The van der Waals surface area contributed by atoms with E-state index in [9.17, 15) is 4.79 Å². The van der Waals surface area contributed by atoms with Gasteiger partial charge in [-0.2, -0.15) is 0 Å². The standard InChI is InChI=1S/C22H24N4O/c1-17-4-3-5-19(14-17)15-22(27)25-21-7-6-20(16-24-21)26(2)13-10-18-8-11-23-12-9-18/h3-9,11-12,14,16H,10,13,15H2,1-2H3,(H,24,25,27). The number of carbonyl (C=O) groups is 1. The Morgan fingerprint density at radius 3 is 2.59 bits per heavy atom. The maximum atomic E-state index is 12.2. The molecule has 3 rings (SSSR count). The second kappa shape index (κ2) is 8.94. The van der Waals surface area contributed by atoms with Crippen molar-refractivity contribution in [1.29, 1.82) is 0 Å². The van der Waals surface area contributed by atoms with Crippen molar-refractivity contribution in [1.82, 2.24) is 9.97 Å². The summed E-state index contributed by atoms with van der Waals surface area (Å²) in [6.45, 7) is 2.90. The number of amides is 1. The van der Waals surface area contributed by atoms with Crippen LogP contribution in [0.15, 0.2) is 67.1 Å². The Kier molecular flexibility index (Phi) is 6.15. The van der Waals surface area contributed by atoms with Gasteiger partial charge in [0.2, 0.25) is 5.91 Å². The number of hydrogen-bond acceptors (Lipinski definition) is 4. The first-order valence-electron chi connectivity index (χ1n) is 9.01. The average Bonchev–Trinajstić information content (AvgIpc) is 2.67. The van der Waals surface area contributed by atoms with Crippen molar-refractivity contribution in [2.45, 2.75) is 19.8 Å². The Balaban J connectivity index is 1.52. The van der Waals surface area contributed by atoms with Gasteiger partial charge in [-0.05, 0) is 48.7 Å². The van der Waals surface area contributed by atoms with Crippen LogP contribution in [-0.4, -0.2) is 29.5 Å². The minimum absolute atomic E-state index is 0.0631. The number of benzene rings is 1. The first-order chi connectivity index (χ1) is 13.1. The smallest absolute Gasteiger partial charge is 0.229 e. The molecule has 27 heavy (non-hydrogen) atoms. The molecule has 0 radical (unpaired) electrons. The van der Waals surface area contributed by atoms with Crippen LogP contribution >= 0.6 is 0 Å². The molecular formula is C22H24N4O. The lowest BCUT2D eigenvalue weighted by atomic mass is 10.1. The van der Waals surface area contributed by atoms with Gasteiger partial charge < -0.3 is 10.2 Å². The van der Waals surface area contributed by atoms with E-state index in [1.54, 1.807) is 6.20 Å². The molecule has 1 amide bonds. The van der Waals surface area contributed by atoms with Crippen LogP contribution < -0.4 is 10.2 Å². The van der Waals surface area contributed by atoms with Gasteiger partial charge in [0.05, 0.1) is 18.3 Å². The lowest BCUT2D eigenvalue weighted by Gasteiger charge is -2.19. The molecule has 5 nitrogen and oxygen atoms in total. The molecule has 0 fully saturated rings. The molecule has 3 aromatic rings. The third kappa shape index (κ3) is 5.64. The van der Waals surface area contributed by atoms with Crippen LogP contribution in [0.2, 0.25) is 0 Å². The van der Waals surface area contributed by atoms with Crippen LogP contribution in [0.25, 0.3) is 0 Å². The van der Waals surface area contributed by atoms with E-state index < -0.39 is 0 Å². The molecule has 2 heterocycles. The molecule has 2 aromatic heterocycles. The monoisotopic (exact) mass is 360 g/mol. The molecule has 0 saturated heterocycles. The number of aromatic nitrogens is 2. The van der Waals surface area contributed by atoms with Gasteiger partial charge in [-0.15, -0.1) is 0 Å². The summed E-state index contributed by atoms with van der Waals surface area (Å²) in [6, 6.07) is 15.8. The Bertz CT molecular complexity index is 878. The van der Waals surface area contributed by atoms with Gasteiger partial charge in [-0.3, -0.25) is 9.78 Å². The molecular weight excluding hydrogens is 336 g/mol. The number of carbonyl (C=O) groups excluding carboxylic acids is 1. The van der Waals surface area contributed by atoms with Crippen molar-refractivity contribution in [3.63, 3.8) is 0 Å². The summed E-state index contributed by atoms with van der Waals surface area (Å²) in [6.07, 6.45) is 6.69. The molecule has 138 valence electrons. The first kappa shape index (κ1) is 18.6. The number of aryl methyl sites for hydroxylation is 1. The van der Waals surface area contributed by atoms with Gasteiger partial charge >= 0.3 is 0 Å². The molecule has 0 saturated carbocycles. The zero-order valence-corrected chi connectivity index (χ0v) is 15.7. The fourth-order valence-electron chi connectivity index (χ4n) is 2.86. The zero-order valence-electron chi connectivity index (χ0n) is 15.7. The predicted octanol–water partition coefficient (Wildman–Crippen LogP) is 3.65. The van der Waals surface area contributed by atoms with E-state index in [-0.39, 0.29) is 5.91 Å². The van der Waals surface area contributed by atoms with E-state index in [1.807, 2.05) is 74.9 Å². The SMILES string of the molecule is Cc1cccc(CC(=O)Nc2ccc(N(C)CCc3ccncc3)cn2)c1. The molecule has 0 atom stereocenters. The van der Waals surface area contributed by atoms with Crippen LogP contribution in [0.5, 0.6) is 0 Å². The Labute approximate surface area is 160 Å². The molecule has 0 bridgehead atoms. The molecule has 0 spiro atoms. The predicted molar refractivity (Wildman–Crippen MR) is 109 cm³/mol. The molecule has 0 aliphatic rings. The summed E-state index contributed by atoms with van der Waals surface area (Å²) < 4.78 is 0. The third-order valence-corrected chi connectivity index (χ3v) is 4.39. The fraction of sp³-hybridized carbons (Fsp3) is 0.227. The number of nitrogens with one attached hydrogen (secondary N) is 1. The second-order valence-electron chi connectivity index (χ2n) is 6.64. The maximum absolute atomic E-state index is 12.2. The van der Waals surface area contributed by atoms with E-state index >= 15 is 0 Å². The van der Waals surface area contributed by atoms with Crippen molar-refractivity contribution < 1.29 is 4.79 Å². The van der Waals surface area contributed by atoms with Crippen molar-refractivity contribution >= 4 is 17.4 Å². The number of pyridine rings is 2. The summed E-state index contributed by atoms with van der Waals surface area (Å²) in [5, 5.41) is 2.86. The van der Waals surface area contributed by atoms with Crippen LogP contribution in [0.3, 0.4) is 0 Å². The highest BCUT2D eigenvalue weighted by atomic mass is 16.1. The molecule has 1 N–H and O–H groups in total. The molecule has 0 unspecified atom stereocenters. The summed E-state index contributed by atoms with van der Waals surface area (Å²) in [5.74, 6) is 0.505. The summed E-state index contributed by atoms with van der Waals surface area (Å²) in [5.41, 5.74) is 4.42. The van der Waals surface area contributed by atoms with Crippen molar-refractivity contribution in [3.05, 3.63) is 83.8 Å². The number of rotatable bonds is 7. The zero-order chi connectivity index (χ0) is 19.1. The van der Waals surface area contributed by atoms with Crippen LogP contribution in [0.4, 0.5) is 11.5 Å². The summed E-state index contributed by atoms with van der Waals surface area (Å²) in [4.78, 5) is 22.8. The fourth-order valence-corrected chi connectivity index (χ4v) is 2.86. The second-order valence-corrected chi connectivity index (χ2v) is 6.64. The van der Waals surface area contributed by atoms with Gasteiger partial charge in [0.25, 0.3) is 0 Å². The summed E-state index contributed by atoms with van der Waals surface area (Å²) in [7, 11) is 2.04. The van der Waals surface area contributed by atoms with Gasteiger partial charge in [-0.25, -0.2) is 4.98 Å². The van der Waals surface area contributed by atoms with Crippen LogP contribution in [-0.2, 0) is 17.6 Å². The summed E-state index contributed by atoms with van der Waals surface area (Å²) >= 11 is 0.